The molecule has 0 heterocycles. The van der Waals surface area contributed by atoms with Crippen molar-refractivity contribution in [1.82, 2.24) is 0 Å². The van der Waals surface area contributed by atoms with Gasteiger partial charge < -0.3 is 0 Å². The van der Waals surface area contributed by atoms with Crippen LogP contribution in [0.4, 0.5) is 4.39 Å². The van der Waals surface area contributed by atoms with Crippen molar-refractivity contribution in [1.29, 1.82) is 0 Å². The van der Waals surface area contributed by atoms with E-state index in [1.165, 1.54) is 0 Å². The first-order valence-electron chi connectivity index (χ1n) is 5.47. The van der Waals surface area contributed by atoms with Gasteiger partial charge in [0.1, 0.15) is 5.67 Å². The van der Waals surface area contributed by atoms with E-state index in [9.17, 15) is 4.39 Å². The summed E-state index contributed by atoms with van der Waals surface area (Å²) in [7, 11) is 0. The number of hydrogen-bond acceptors (Lipinski definition) is 0. The summed E-state index contributed by atoms with van der Waals surface area (Å²) < 4.78 is 14.2. The number of allylic oxidation sites excluding steroid dienone is 1. The van der Waals surface area contributed by atoms with Gasteiger partial charge in [-0.2, -0.15) is 0 Å². The Hall–Kier alpha value is -0.330. The summed E-state index contributed by atoms with van der Waals surface area (Å²) in [6.07, 6.45) is 5.08. The van der Waals surface area contributed by atoms with Crippen molar-refractivity contribution >= 4 is 0 Å². The molecule has 1 unspecified atom stereocenters. The normalized spacial score (nSPS) is 15.4. The van der Waals surface area contributed by atoms with E-state index < -0.39 is 5.67 Å². The zero-order valence-electron chi connectivity index (χ0n) is 9.33. The molecular formula is C12H23F. The zero-order valence-corrected chi connectivity index (χ0v) is 9.33. The van der Waals surface area contributed by atoms with E-state index in [0.29, 0.717) is 12.8 Å². The molecule has 0 nitrogen and oxygen atoms in total. The van der Waals surface area contributed by atoms with E-state index in [-0.39, 0.29) is 0 Å². The lowest BCUT2D eigenvalue weighted by molar-refractivity contribution is 0.180. The SMILES string of the molecule is C=C(CCC)C(F)(CC)CCCC. The number of unbranched alkanes of at least 4 members (excludes halogenated alkanes) is 1. The van der Waals surface area contributed by atoms with Crippen molar-refractivity contribution in [3.8, 4) is 0 Å². The van der Waals surface area contributed by atoms with Gasteiger partial charge in [0.05, 0.1) is 0 Å². The highest BCUT2D eigenvalue weighted by molar-refractivity contribution is 5.12. The monoisotopic (exact) mass is 186 g/mol. The Morgan fingerprint density at radius 2 is 1.85 bits per heavy atom. The highest BCUT2D eigenvalue weighted by Gasteiger charge is 2.29. The van der Waals surface area contributed by atoms with Crippen molar-refractivity contribution in [3.05, 3.63) is 12.2 Å². The first-order valence-corrected chi connectivity index (χ1v) is 5.47. The van der Waals surface area contributed by atoms with Crippen molar-refractivity contribution in [2.75, 3.05) is 0 Å². The molecule has 0 amide bonds. The third-order valence-electron chi connectivity index (χ3n) is 2.67. The average Bonchev–Trinajstić information content (AvgIpc) is 2.14. The second-order valence-corrected chi connectivity index (χ2v) is 3.78. The fourth-order valence-corrected chi connectivity index (χ4v) is 1.59. The van der Waals surface area contributed by atoms with Crippen LogP contribution in [0.25, 0.3) is 0 Å². The molecule has 0 radical (unpaired) electrons. The molecule has 0 aromatic heterocycles. The molecule has 0 fully saturated rings. The summed E-state index contributed by atoms with van der Waals surface area (Å²) in [6.45, 7) is 9.94. The fraction of sp³-hybridized carbons (Fsp3) is 0.833. The molecule has 0 rings (SSSR count). The summed E-state index contributed by atoms with van der Waals surface area (Å²) in [5.74, 6) is 0. The molecule has 0 aliphatic rings. The number of alkyl halides is 1. The van der Waals surface area contributed by atoms with E-state index in [1.54, 1.807) is 0 Å². The summed E-state index contributed by atoms with van der Waals surface area (Å²) in [5, 5.41) is 0. The van der Waals surface area contributed by atoms with Crippen LogP contribution in [0.2, 0.25) is 0 Å². The highest BCUT2D eigenvalue weighted by atomic mass is 19.1. The van der Waals surface area contributed by atoms with Gasteiger partial charge in [-0.25, -0.2) is 4.39 Å². The summed E-state index contributed by atoms with van der Waals surface area (Å²) >= 11 is 0. The summed E-state index contributed by atoms with van der Waals surface area (Å²) in [5.41, 5.74) is -0.294. The van der Waals surface area contributed by atoms with Crippen LogP contribution >= 0.6 is 0 Å². The molecule has 0 saturated carbocycles. The van der Waals surface area contributed by atoms with Crippen molar-refractivity contribution in [3.63, 3.8) is 0 Å². The number of rotatable bonds is 7. The molecule has 0 aromatic carbocycles. The maximum absolute atomic E-state index is 14.2. The van der Waals surface area contributed by atoms with E-state index in [2.05, 4.69) is 20.4 Å². The third-order valence-corrected chi connectivity index (χ3v) is 2.67. The smallest absolute Gasteiger partial charge is 0.131 e. The minimum absolute atomic E-state index is 0.575. The van der Waals surface area contributed by atoms with Crippen LogP contribution in [-0.2, 0) is 0 Å². The first-order chi connectivity index (χ1) is 6.10. The van der Waals surface area contributed by atoms with E-state index in [4.69, 9.17) is 0 Å². The molecule has 0 saturated heterocycles. The maximum atomic E-state index is 14.2. The van der Waals surface area contributed by atoms with Gasteiger partial charge in [-0.15, -0.1) is 0 Å². The lowest BCUT2D eigenvalue weighted by atomic mass is 9.86. The average molecular weight is 186 g/mol. The molecule has 0 bridgehead atoms. The quantitative estimate of drug-likeness (QED) is 0.508. The lowest BCUT2D eigenvalue weighted by Crippen LogP contribution is -2.24. The Labute approximate surface area is 82.2 Å². The van der Waals surface area contributed by atoms with Crippen LogP contribution in [0.5, 0.6) is 0 Å². The molecule has 0 N–H and O–H groups in total. The van der Waals surface area contributed by atoms with E-state index in [1.807, 2.05) is 6.92 Å². The predicted molar refractivity (Wildman–Crippen MR) is 57.7 cm³/mol. The van der Waals surface area contributed by atoms with Gasteiger partial charge in [0, 0.05) is 0 Å². The van der Waals surface area contributed by atoms with Crippen LogP contribution in [0, 0.1) is 0 Å². The molecule has 78 valence electrons. The first kappa shape index (κ1) is 12.7. The molecule has 0 aromatic rings. The Morgan fingerprint density at radius 1 is 1.23 bits per heavy atom. The van der Waals surface area contributed by atoms with Crippen LogP contribution < -0.4 is 0 Å². The second-order valence-electron chi connectivity index (χ2n) is 3.78. The van der Waals surface area contributed by atoms with Crippen molar-refractivity contribution < 1.29 is 4.39 Å². The molecule has 1 heteroatoms. The van der Waals surface area contributed by atoms with Gasteiger partial charge in [-0.1, -0.05) is 46.6 Å². The van der Waals surface area contributed by atoms with Gasteiger partial charge in [0.15, 0.2) is 0 Å². The van der Waals surface area contributed by atoms with Gasteiger partial charge in [0.2, 0.25) is 0 Å². The maximum Gasteiger partial charge on any atom is 0.131 e. The Kier molecular flexibility index (Phi) is 6.02. The minimum Gasteiger partial charge on any atom is -0.239 e. The van der Waals surface area contributed by atoms with Crippen LogP contribution in [0.15, 0.2) is 12.2 Å². The predicted octanol–water partition coefficient (Wildman–Crippen LogP) is 4.65. The minimum atomic E-state index is -1.09. The Morgan fingerprint density at radius 3 is 2.23 bits per heavy atom. The Balaban J connectivity index is 4.16. The van der Waals surface area contributed by atoms with Gasteiger partial charge in [-0.05, 0) is 24.8 Å². The third kappa shape index (κ3) is 3.93. The second kappa shape index (κ2) is 6.17. The standard InChI is InChI=1S/C12H23F/c1-5-8-10-12(13,7-3)11(4)9-6-2/h4-10H2,1-3H3. The lowest BCUT2D eigenvalue weighted by Gasteiger charge is -2.26. The summed E-state index contributed by atoms with van der Waals surface area (Å²) in [4.78, 5) is 0. The highest BCUT2D eigenvalue weighted by Crippen LogP contribution is 2.33. The molecule has 0 aliphatic heterocycles. The summed E-state index contributed by atoms with van der Waals surface area (Å²) in [6, 6.07) is 0. The molecule has 1 atom stereocenters. The van der Waals surface area contributed by atoms with E-state index in [0.717, 1.165) is 31.3 Å². The van der Waals surface area contributed by atoms with Crippen LogP contribution in [-0.4, -0.2) is 5.67 Å². The van der Waals surface area contributed by atoms with Crippen molar-refractivity contribution in [2.45, 2.75) is 65.0 Å². The molecule has 13 heavy (non-hydrogen) atoms. The molecular weight excluding hydrogens is 163 g/mol. The molecule has 0 spiro atoms. The zero-order chi connectivity index (χ0) is 10.3. The number of halogens is 1. The van der Waals surface area contributed by atoms with Gasteiger partial charge in [0.25, 0.3) is 0 Å². The van der Waals surface area contributed by atoms with Gasteiger partial charge in [-0.3, -0.25) is 0 Å². The number of hydrogen-bond donors (Lipinski definition) is 0. The van der Waals surface area contributed by atoms with Crippen LogP contribution in [0.3, 0.4) is 0 Å². The van der Waals surface area contributed by atoms with Crippen LogP contribution in [0.1, 0.15) is 59.3 Å². The van der Waals surface area contributed by atoms with E-state index >= 15 is 0 Å². The Bertz CT molecular complexity index is 151. The van der Waals surface area contributed by atoms with Crippen molar-refractivity contribution in [2.24, 2.45) is 0 Å². The topological polar surface area (TPSA) is 0 Å². The largest absolute Gasteiger partial charge is 0.239 e. The van der Waals surface area contributed by atoms with Gasteiger partial charge >= 0.3 is 0 Å². The fourth-order valence-electron chi connectivity index (χ4n) is 1.59. The molecule has 0 aliphatic carbocycles.